The number of benzene rings is 2. The Morgan fingerprint density at radius 1 is 1.18 bits per heavy atom. The predicted molar refractivity (Wildman–Crippen MR) is 88.9 cm³/mol. The first kappa shape index (κ1) is 16.2. The van der Waals surface area contributed by atoms with E-state index in [1.165, 1.54) is 0 Å². The van der Waals surface area contributed by atoms with Crippen molar-refractivity contribution < 1.29 is 14.7 Å². The van der Waals surface area contributed by atoms with Gasteiger partial charge >= 0.3 is 5.97 Å². The van der Waals surface area contributed by atoms with E-state index in [2.05, 4.69) is 21.2 Å². The molecule has 0 fully saturated rings. The van der Waals surface area contributed by atoms with E-state index in [0.29, 0.717) is 11.3 Å². The maximum Gasteiger partial charge on any atom is 0.311 e. The molecule has 5 heteroatoms. The molecule has 0 radical (unpaired) electrons. The quantitative estimate of drug-likeness (QED) is 0.846. The van der Waals surface area contributed by atoms with Gasteiger partial charge < -0.3 is 10.4 Å². The summed E-state index contributed by atoms with van der Waals surface area (Å²) in [4.78, 5) is 23.6. The van der Waals surface area contributed by atoms with Crippen LogP contribution in [0.3, 0.4) is 0 Å². The molecule has 0 saturated heterocycles. The Balaban J connectivity index is 2.10. The highest BCUT2D eigenvalue weighted by Gasteiger charge is 2.23. The smallest absolute Gasteiger partial charge is 0.311 e. The van der Waals surface area contributed by atoms with Crippen LogP contribution in [0, 0.1) is 6.92 Å². The van der Waals surface area contributed by atoms with Crippen molar-refractivity contribution in [2.24, 2.45) is 0 Å². The first-order valence-electron chi connectivity index (χ1n) is 6.81. The molecule has 0 aromatic heterocycles. The number of hydrogen-bond donors (Lipinski definition) is 2. The zero-order chi connectivity index (χ0) is 16.1. The summed E-state index contributed by atoms with van der Waals surface area (Å²) >= 11 is 3.36. The molecule has 2 N–H and O–H groups in total. The Morgan fingerprint density at radius 2 is 1.86 bits per heavy atom. The maximum atomic E-state index is 12.2. The Hall–Kier alpha value is -2.14. The number of carboxylic acid groups (broad SMARTS) is 1. The standard InChI is InChI=1S/C17H16BrNO3/c1-11-9-13(18)7-8-15(11)19-16(20)10-14(17(21)22)12-5-3-2-4-6-12/h2-9,14H,10H2,1H3,(H,19,20)(H,21,22). The topological polar surface area (TPSA) is 66.4 Å². The van der Waals surface area contributed by atoms with Crippen molar-refractivity contribution in [3.05, 3.63) is 64.1 Å². The largest absolute Gasteiger partial charge is 0.481 e. The molecule has 2 aromatic rings. The van der Waals surface area contributed by atoms with Gasteiger partial charge in [0.1, 0.15) is 0 Å². The first-order valence-corrected chi connectivity index (χ1v) is 7.60. The van der Waals surface area contributed by atoms with E-state index in [0.717, 1.165) is 10.0 Å². The molecule has 0 bridgehead atoms. The fourth-order valence-corrected chi connectivity index (χ4v) is 2.66. The third-order valence-corrected chi connectivity index (χ3v) is 3.85. The molecule has 114 valence electrons. The van der Waals surface area contributed by atoms with Crippen LogP contribution in [0.1, 0.15) is 23.5 Å². The van der Waals surface area contributed by atoms with Gasteiger partial charge in [0.05, 0.1) is 5.92 Å². The minimum absolute atomic E-state index is 0.102. The lowest BCUT2D eigenvalue weighted by Gasteiger charge is -2.14. The number of halogens is 1. The summed E-state index contributed by atoms with van der Waals surface area (Å²) in [5.74, 6) is -2.17. The van der Waals surface area contributed by atoms with Crippen molar-refractivity contribution in [2.45, 2.75) is 19.3 Å². The molecule has 22 heavy (non-hydrogen) atoms. The fraction of sp³-hybridized carbons (Fsp3) is 0.176. The van der Waals surface area contributed by atoms with Crippen LogP contribution in [0.5, 0.6) is 0 Å². The summed E-state index contributed by atoms with van der Waals surface area (Å²) in [5, 5.41) is 12.1. The van der Waals surface area contributed by atoms with E-state index < -0.39 is 11.9 Å². The van der Waals surface area contributed by atoms with E-state index in [9.17, 15) is 14.7 Å². The number of carbonyl (C=O) groups excluding carboxylic acids is 1. The normalized spacial score (nSPS) is 11.7. The first-order chi connectivity index (χ1) is 10.5. The lowest BCUT2D eigenvalue weighted by Crippen LogP contribution is -2.21. The van der Waals surface area contributed by atoms with Crippen LogP contribution in [0.15, 0.2) is 53.0 Å². The molecule has 0 heterocycles. The second-order valence-electron chi connectivity index (χ2n) is 5.01. The number of hydrogen-bond acceptors (Lipinski definition) is 2. The summed E-state index contributed by atoms with van der Waals surface area (Å²) < 4.78 is 0.927. The van der Waals surface area contributed by atoms with Gasteiger partial charge in [-0.05, 0) is 36.2 Å². The van der Waals surface area contributed by atoms with Gasteiger partial charge in [-0.1, -0.05) is 46.3 Å². The molecule has 0 saturated carbocycles. The SMILES string of the molecule is Cc1cc(Br)ccc1NC(=O)CC(C(=O)O)c1ccccc1. The Morgan fingerprint density at radius 3 is 2.45 bits per heavy atom. The second-order valence-corrected chi connectivity index (χ2v) is 5.93. The van der Waals surface area contributed by atoms with Crippen LogP contribution in [-0.4, -0.2) is 17.0 Å². The van der Waals surface area contributed by atoms with Crippen LogP contribution in [-0.2, 0) is 9.59 Å². The Bertz CT molecular complexity index is 686. The lowest BCUT2D eigenvalue weighted by molar-refractivity contribution is -0.140. The minimum Gasteiger partial charge on any atom is -0.481 e. The summed E-state index contributed by atoms with van der Waals surface area (Å²) in [6.45, 7) is 1.88. The van der Waals surface area contributed by atoms with Crippen molar-refractivity contribution in [3.8, 4) is 0 Å². The molecule has 2 aromatic carbocycles. The van der Waals surface area contributed by atoms with Crippen LogP contribution < -0.4 is 5.32 Å². The van der Waals surface area contributed by atoms with Crippen molar-refractivity contribution in [1.82, 2.24) is 0 Å². The number of anilines is 1. The highest BCUT2D eigenvalue weighted by molar-refractivity contribution is 9.10. The molecule has 1 atom stereocenters. The van der Waals surface area contributed by atoms with Gasteiger partial charge in [-0.2, -0.15) is 0 Å². The molecule has 1 unspecified atom stereocenters. The average molecular weight is 362 g/mol. The molecule has 0 aliphatic carbocycles. The van der Waals surface area contributed by atoms with Crippen molar-refractivity contribution >= 4 is 33.5 Å². The van der Waals surface area contributed by atoms with E-state index in [1.807, 2.05) is 25.1 Å². The van der Waals surface area contributed by atoms with Crippen molar-refractivity contribution in [2.75, 3.05) is 5.32 Å². The molecule has 4 nitrogen and oxygen atoms in total. The van der Waals surface area contributed by atoms with Crippen LogP contribution in [0.2, 0.25) is 0 Å². The van der Waals surface area contributed by atoms with Crippen molar-refractivity contribution in [3.63, 3.8) is 0 Å². The summed E-state index contributed by atoms with van der Waals surface area (Å²) in [5.41, 5.74) is 2.22. The van der Waals surface area contributed by atoms with Gasteiger partial charge in [-0.25, -0.2) is 0 Å². The fourth-order valence-electron chi connectivity index (χ4n) is 2.19. The van der Waals surface area contributed by atoms with Crippen LogP contribution >= 0.6 is 15.9 Å². The number of aryl methyl sites for hydroxylation is 1. The van der Waals surface area contributed by atoms with E-state index in [-0.39, 0.29) is 12.3 Å². The van der Waals surface area contributed by atoms with Gasteiger partial charge in [0.15, 0.2) is 0 Å². The lowest BCUT2D eigenvalue weighted by atomic mass is 9.95. The van der Waals surface area contributed by atoms with Gasteiger partial charge in [0, 0.05) is 16.6 Å². The van der Waals surface area contributed by atoms with Gasteiger partial charge in [0.2, 0.25) is 5.91 Å². The molecule has 2 rings (SSSR count). The highest BCUT2D eigenvalue weighted by Crippen LogP contribution is 2.23. The maximum absolute atomic E-state index is 12.2. The van der Waals surface area contributed by atoms with E-state index >= 15 is 0 Å². The molecule has 0 aliphatic rings. The van der Waals surface area contributed by atoms with Gasteiger partial charge in [-0.15, -0.1) is 0 Å². The number of rotatable bonds is 5. The van der Waals surface area contributed by atoms with Gasteiger partial charge in [0.25, 0.3) is 0 Å². The molecule has 0 spiro atoms. The molecular formula is C17H16BrNO3. The predicted octanol–water partition coefficient (Wildman–Crippen LogP) is 3.95. The van der Waals surface area contributed by atoms with E-state index in [1.54, 1.807) is 30.3 Å². The van der Waals surface area contributed by atoms with E-state index in [4.69, 9.17) is 0 Å². The zero-order valence-electron chi connectivity index (χ0n) is 12.0. The zero-order valence-corrected chi connectivity index (χ0v) is 13.6. The number of nitrogens with one attached hydrogen (secondary N) is 1. The third-order valence-electron chi connectivity index (χ3n) is 3.35. The summed E-state index contributed by atoms with van der Waals surface area (Å²) in [7, 11) is 0. The summed E-state index contributed by atoms with van der Waals surface area (Å²) in [6, 6.07) is 14.3. The number of carbonyl (C=O) groups is 2. The third kappa shape index (κ3) is 4.18. The highest BCUT2D eigenvalue weighted by atomic mass is 79.9. The van der Waals surface area contributed by atoms with Crippen LogP contribution in [0.25, 0.3) is 0 Å². The number of amides is 1. The minimum atomic E-state index is -1.01. The van der Waals surface area contributed by atoms with Gasteiger partial charge in [-0.3, -0.25) is 9.59 Å². The monoisotopic (exact) mass is 361 g/mol. The second kappa shape index (κ2) is 7.22. The van der Waals surface area contributed by atoms with Crippen LogP contribution in [0.4, 0.5) is 5.69 Å². The number of aliphatic carboxylic acids is 1. The van der Waals surface area contributed by atoms with Crippen molar-refractivity contribution in [1.29, 1.82) is 0 Å². The number of carboxylic acids is 1. The molecule has 1 amide bonds. The molecular weight excluding hydrogens is 346 g/mol. The Labute approximate surface area is 137 Å². The Kier molecular flexibility index (Phi) is 5.33. The molecule has 0 aliphatic heterocycles. The summed E-state index contributed by atoms with van der Waals surface area (Å²) in [6.07, 6.45) is -0.102. The average Bonchev–Trinajstić information content (AvgIpc) is 2.48.